The van der Waals surface area contributed by atoms with Crippen molar-refractivity contribution in [3.8, 4) is 0 Å². The second-order valence-electron chi connectivity index (χ2n) is 9.67. The van der Waals surface area contributed by atoms with Gasteiger partial charge in [-0.3, -0.25) is 9.59 Å². The topological polar surface area (TPSA) is 93.2 Å². The average molecular weight is 431 g/mol. The van der Waals surface area contributed by atoms with Gasteiger partial charge < -0.3 is 14.5 Å². The summed E-state index contributed by atoms with van der Waals surface area (Å²) in [6.45, 7) is 10.1. The summed E-state index contributed by atoms with van der Waals surface area (Å²) in [7, 11) is 0. The minimum Gasteiger partial charge on any atom is -0.444 e. The molecule has 0 saturated carbocycles. The number of rotatable bonds is 4. The highest BCUT2D eigenvalue weighted by atomic mass is 16.7. The highest BCUT2D eigenvalue weighted by Crippen LogP contribution is 2.40. The maximum absolute atomic E-state index is 13.3. The van der Waals surface area contributed by atoms with Gasteiger partial charge in [0.1, 0.15) is 5.60 Å². The standard InChI is InChI=1S/C23H30N2O6/c1-15(2)14-23(10-12-24(13-11-23)21(29)30-22(3,4)5)20(28)31-25-18(26)16-8-6-7-9-17(16)19(25)27/h6-9,15H,10-14H2,1-5H3. The van der Waals surface area contributed by atoms with E-state index in [-0.39, 0.29) is 17.0 Å². The van der Waals surface area contributed by atoms with E-state index in [1.807, 2.05) is 13.8 Å². The second kappa shape index (κ2) is 8.32. The van der Waals surface area contributed by atoms with Crippen molar-refractivity contribution < 1.29 is 28.8 Å². The van der Waals surface area contributed by atoms with Crippen LogP contribution in [0.25, 0.3) is 0 Å². The molecule has 1 aromatic rings. The first-order valence-electron chi connectivity index (χ1n) is 10.6. The van der Waals surface area contributed by atoms with Crippen LogP contribution >= 0.6 is 0 Å². The Labute approximate surface area is 182 Å². The molecule has 0 bridgehead atoms. The summed E-state index contributed by atoms with van der Waals surface area (Å²) in [5, 5.41) is 0.565. The van der Waals surface area contributed by atoms with Gasteiger partial charge in [0.2, 0.25) is 0 Å². The number of amides is 3. The number of nitrogens with zero attached hydrogens (tertiary/aromatic N) is 2. The van der Waals surface area contributed by atoms with Crippen LogP contribution in [0.3, 0.4) is 0 Å². The molecule has 2 heterocycles. The van der Waals surface area contributed by atoms with Gasteiger partial charge in [-0.15, -0.1) is 0 Å². The lowest BCUT2D eigenvalue weighted by atomic mass is 9.73. The first kappa shape index (κ1) is 22.8. The Balaban J connectivity index is 1.73. The van der Waals surface area contributed by atoms with Crippen molar-refractivity contribution >= 4 is 23.9 Å². The number of fused-ring (bicyclic) bond motifs is 1. The Kier molecular flexibility index (Phi) is 6.11. The molecule has 0 aliphatic carbocycles. The summed E-state index contributed by atoms with van der Waals surface area (Å²) in [6.07, 6.45) is 0.843. The van der Waals surface area contributed by atoms with Crippen molar-refractivity contribution in [1.82, 2.24) is 9.96 Å². The van der Waals surface area contributed by atoms with Gasteiger partial charge in [-0.2, -0.15) is 0 Å². The van der Waals surface area contributed by atoms with Crippen LogP contribution in [0.15, 0.2) is 24.3 Å². The number of imide groups is 1. The molecule has 2 aliphatic rings. The smallest absolute Gasteiger partial charge is 0.410 e. The first-order chi connectivity index (χ1) is 14.4. The Hall–Kier alpha value is -2.90. The van der Waals surface area contributed by atoms with Crippen LogP contribution in [-0.2, 0) is 14.4 Å². The number of ether oxygens (including phenoxy) is 1. The molecule has 1 saturated heterocycles. The number of piperidine rings is 1. The van der Waals surface area contributed by atoms with E-state index in [1.165, 1.54) is 12.1 Å². The highest BCUT2D eigenvalue weighted by Gasteiger charge is 2.48. The van der Waals surface area contributed by atoms with Crippen molar-refractivity contribution in [2.45, 2.75) is 59.5 Å². The molecular formula is C23H30N2O6. The summed E-state index contributed by atoms with van der Waals surface area (Å²) >= 11 is 0. The molecule has 3 rings (SSSR count). The quantitative estimate of drug-likeness (QED) is 0.675. The van der Waals surface area contributed by atoms with Crippen LogP contribution in [0.5, 0.6) is 0 Å². The van der Waals surface area contributed by atoms with Crippen LogP contribution in [0, 0.1) is 11.3 Å². The van der Waals surface area contributed by atoms with E-state index < -0.39 is 34.9 Å². The van der Waals surface area contributed by atoms with Gasteiger partial charge >= 0.3 is 12.1 Å². The highest BCUT2D eigenvalue weighted by molar-refractivity contribution is 6.20. The van der Waals surface area contributed by atoms with E-state index in [1.54, 1.807) is 37.8 Å². The van der Waals surface area contributed by atoms with Gasteiger partial charge in [0, 0.05) is 13.1 Å². The van der Waals surface area contributed by atoms with Gasteiger partial charge in [0.05, 0.1) is 16.5 Å². The number of benzene rings is 1. The van der Waals surface area contributed by atoms with Crippen LogP contribution in [0.2, 0.25) is 0 Å². The fourth-order valence-corrected chi connectivity index (χ4v) is 4.15. The molecule has 0 radical (unpaired) electrons. The fraction of sp³-hybridized carbons (Fsp3) is 0.565. The van der Waals surface area contributed by atoms with Crippen molar-refractivity contribution in [2.75, 3.05) is 13.1 Å². The van der Waals surface area contributed by atoms with E-state index in [2.05, 4.69) is 0 Å². The first-order valence-corrected chi connectivity index (χ1v) is 10.6. The third-order valence-corrected chi connectivity index (χ3v) is 5.54. The zero-order valence-corrected chi connectivity index (χ0v) is 18.8. The van der Waals surface area contributed by atoms with E-state index in [4.69, 9.17) is 9.57 Å². The van der Waals surface area contributed by atoms with Crippen molar-refractivity contribution in [3.63, 3.8) is 0 Å². The van der Waals surface area contributed by atoms with E-state index >= 15 is 0 Å². The zero-order chi connectivity index (χ0) is 23.0. The van der Waals surface area contributed by atoms with Gasteiger partial charge in [0.15, 0.2) is 0 Å². The summed E-state index contributed by atoms with van der Waals surface area (Å²) in [6, 6.07) is 6.38. The predicted molar refractivity (Wildman–Crippen MR) is 112 cm³/mol. The Morgan fingerprint density at radius 2 is 1.55 bits per heavy atom. The Bertz CT molecular complexity index is 859. The minimum absolute atomic E-state index is 0.183. The number of likely N-dealkylation sites (tertiary alicyclic amines) is 1. The lowest BCUT2D eigenvalue weighted by molar-refractivity contribution is -0.185. The monoisotopic (exact) mass is 430 g/mol. The number of hydrogen-bond acceptors (Lipinski definition) is 6. The van der Waals surface area contributed by atoms with Crippen molar-refractivity contribution in [1.29, 1.82) is 0 Å². The van der Waals surface area contributed by atoms with Gasteiger partial charge in [-0.25, -0.2) is 9.59 Å². The molecule has 1 fully saturated rings. The Morgan fingerprint density at radius 1 is 1.03 bits per heavy atom. The molecule has 0 unspecified atom stereocenters. The molecule has 1 aromatic carbocycles. The number of carbonyl (C=O) groups excluding carboxylic acids is 4. The Morgan fingerprint density at radius 3 is 2.00 bits per heavy atom. The second-order valence-corrected chi connectivity index (χ2v) is 9.67. The molecule has 2 aliphatic heterocycles. The van der Waals surface area contributed by atoms with E-state index in [0.29, 0.717) is 37.4 Å². The van der Waals surface area contributed by atoms with Crippen molar-refractivity contribution in [3.05, 3.63) is 35.4 Å². The van der Waals surface area contributed by atoms with Crippen LogP contribution < -0.4 is 0 Å². The minimum atomic E-state index is -0.887. The summed E-state index contributed by atoms with van der Waals surface area (Å²) in [4.78, 5) is 57.8. The SMILES string of the molecule is CC(C)CC1(C(=O)ON2C(=O)c3ccccc3C2=O)CCN(C(=O)OC(C)(C)C)CC1. The third kappa shape index (κ3) is 4.73. The normalized spacial score (nSPS) is 18.3. The largest absolute Gasteiger partial charge is 0.444 e. The van der Waals surface area contributed by atoms with Crippen LogP contribution in [0.4, 0.5) is 4.79 Å². The molecule has 168 valence electrons. The summed E-state index contributed by atoms with van der Waals surface area (Å²) in [5.74, 6) is -1.71. The van der Waals surface area contributed by atoms with Crippen molar-refractivity contribution in [2.24, 2.45) is 11.3 Å². The molecular weight excluding hydrogens is 400 g/mol. The summed E-state index contributed by atoms with van der Waals surface area (Å²) < 4.78 is 5.43. The lowest BCUT2D eigenvalue weighted by Crippen LogP contribution is -2.50. The average Bonchev–Trinajstić information content (AvgIpc) is 2.92. The molecule has 3 amide bonds. The molecule has 31 heavy (non-hydrogen) atoms. The number of carbonyl (C=O) groups is 4. The molecule has 0 atom stereocenters. The van der Waals surface area contributed by atoms with Gasteiger partial charge in [-0.05, 0) is 58.1 Å². The molecule has 0 spiro atoms. The third-order valence-electron chi connectivity index (χ3n) is 5.54. The fourth-order valence-electron chi connectivity index (χ4n) is 4.15. The summed E-state index contributed by atoms with van der Waals surface area (Å²) in [5.41, 5.74) is -1.05. The van der Waals surface area contributed by atoms with Crippen LogP contribution in [0.1, 0.15) is 74.6 Å². The van der Waals surface area contributed by atoms with E-state index in [9.17, 15) is 19.2 Å². The maximum atomic E-state index is 13.3. The van der Waals surface area contributed by atoms with Gasteiger partial charge in [-0.1, -0.05) is 31.0 Å². The van der Waals surface area contributed by atoms with Gasteiger partial charge in [0.25, 0.3) is 11.8 Å². The maximum Gasteiger partial charge on any atom is 0.410 e. The molecule has 8 nitrogen and oxygen atoms in total. The van der Waals surface area contributed by atoms with Crippen LogP contribution in [-0.4, -0.2) is 52.5 Å². The lowest BCUT2D eigenvalue weighted by Gasteiger charge is -2.41. The zero-order valence-electron chi connectivity index (χ0n) is 18.8. The predicted octanol–water partition coefficient (Wildman–Crippen LogP) is 3.80. The molecule has 0 N–H and O–H groups in total. The van der Waals surface area contributed by atoms with E-state index in [0.717, 1.165) is 0 Å². The number of hydrogen-bond donors (Lipinski definition) is 0. The molecule has 8 heteroatoms. The number of hydroxylamine groups is 2. The molecule has 0 aromatic heterocycles.